The van der Waals surface area contributed by atoms with Crippen LogP contribution in [0, 0.1) is 11.7 Å². The number of nitrogens with one attached hydrogen (secondary N) is 2. The fraction of sp³-hybridized carbons (Fsp3) is 0.333. The van der Waals surface area contributed by atoms with E-state index < -0.39 is 54.3 Å². The van der Waals surface area contributed by atoms with E-state index in [0.717, 1.165) is 6.92 Å². The van der Waals surface area contributed by atoms with Crippen LogP contribution < -0.4 is 15.5 Å². The molecule has 2 aromatic carbocycles. The molecule has 2 unspecified atom stereocenters. The number of hydrogen-bond acceptors (Lipinski definition) is 4. The Bertz CT molecular complexity index is 1220. The van der Waals surface area contributed by atoms with Gasteiger partial charge in [-0.3, -0.25) is 14.4 Å². The zero-order chi connectivity index (χ0) is 26.8. The summed E-state index contributed by atoms with van der Waals surface area (Å²) < 4.78 is 53.6. The summed E-state index contributed by atoms with van der Waals surface area (Å²) in [5.41, 5.74) is 1.07. The van der Waals surface area contributed by atoms with Crippen LogP contribution in [0.15, 0.2) is 51.9 Å². The summed E-state index contributed by atoms with van der Waals surface area (Å²) in [6.45, 7) is 2.13. The van der Waals surface area contributed by atoms with Crippen LogP contribution in [0.2, 0.25) is 0 Å². The third-order valence-electron chi connectivity index (χ3n) is 5.63. The Morgan fingerprint density at radius 2 is 1.81 bits per heavy atom. The zero-order valence-corrected chi connectivity index (χ0v) is 21.1. The van der Waals surface area contributed by atoms with E-state index in [2.05, 4.69) is 31.6 Å². The first-order valence-corrected chi connectivity index (χ1v) is 11.7. The average Bonchev–Trinajstić information content (AvgIpc) is 2.89. The second-order valence-electron chi connectivity index (χ2n) is 8.36. The van der Waals surface area contributed by atoms with E-state index in [9.17, 15) is 31.9 Å². The van der Waals surface area contributed by atoms with E-state index in [0.29, 0.717) is 15.7 Å². The molecule has 1 heterocycles. The van der Waals surface area contributed by atoms with Crippen LogP contribution in [0.5, 0.6) is 0 Å². The number of alkyl halides is 3. The van der Waals surface area contributed by atoms with E-state index in [1.807, 2.05) is 0 Å². The SMILES string of the molecule is CC(CC(=O)N[C@@H](C)C(=O)NC1N=C(c2ccccc2F)c2cc(Br)ccc2N(C)C1=O)C(F)(F)F. The predicted octanol–water partition coefficient (Wildman–Crippen LogP) is 3.94. The van der Waals surface area contributed by atoms with Gasteiger partial charge in [0, 0.05) is 29.1 Å². The molecule has 0 saturated carbocycles. The number of likely N-dealkylation sites (N-methyl/N-ethyl adjacent to an activating group) is 1. The molecule has 0 aromatic heterocycles. The van der Waals surface area contributed by atoms with Crippen LogP contribution in [0.3, 0.4) is 0 Å². The second kappa shape index (κ2) is 10.8. The van der Waals surface area contributed by atoms with Crippen LogP contribution >= 0.6 is 15.9 Å². The van der Waals surface area contributed by atoms with Gasteiger partial charge in [0.2, 0.25) is 18.0 Å². The van der Waals surface area contributed by atoms with Crippen LogP contribution in [0.1, 0.15) is 31.4 Å². The molecule has 3 rings (SSSR count). The van der Waals surface area contributed by atoms with Gasteiger partial charge in [0.15, 0.2) is 0 Å². The van der Waals surface area contributed by atoms with E-state index in [4.69, 9.17) is 0 Å². The highest BCUT2D eigenvalue weighted by molar-refractivity contribution is 9.10. The molecule has 2 N–H and O–H groups in total. The number of carbonyl (C=O) groups excluding carboxylic acids is 3. The fourth-order valence-electron chi connectivity index (χ4n) is 3.53. The highest BCUT2D eigenvalue weighted by Crippen LogP contribution is 2.31. The number of anilines is 1. The minimum atomic E-state index is -4.55. The van der Waals surface area contributed by atoms with Crippen LogP contribution in [-0.4, -0.2) is 48.9 Å². The lowest BCUT2D eigenvalue weighted by molar-refractivity contribution is -0.174. The number of fused-ring (bicyclic) bond motifs is 1. The summed E-state index contributed by atoms with van der Waals surface area (Å²) in [7, 11) is 1.47. The molecule has 1 aliphatic rings. The molecule has 0 fully saturated rings. The van der Waals surface area contributed by atoms with Gasteiger partial charge in [0.1, 0.15) is 11.9 Å². The topological polar surface area (TPSA) is 90.9 Å². The summed E-state index contributed by atoms with van der Waals surface area (Å²) in [6, 6.07) is 9.56. The minimum Gasteiger partial charge on any atom is -0.345 e. The number of rotatable bonds is 6. The maximum absolute atomic E-state index is 14.7. The van der Waals surface area contributed by atoms with Crippen molar-refractivity contribution >= 4 is 45.1 Å². The van der Waals surface area contributed by atoms with Gasteiger partial charge in [0.25, 0.3) is 5.91 Å². The standard InChI is InChI=1S/C24H23BrF4N4O3/c1-12(24(27,28)29)10-19(34)30-13(2)22(35)32-21-23(36)33(3)18-9-8-14(25)11-16(18)20(31-21)15-6-4-5-7-17(15)26/h4-9,11-13,21H,10H2,1-3H3,(H,30,34)(H,32,35)/t12?,13-,21?/m0/s1. The molecular weight excluding hydrogens is 548 g/mol. The summed E-state index contributed by atoms with van der Waals surface area (Å²) in [4.78, 5) is 43.6. The van der Waals surface area contributed by atoms with Crippen LogP contribution in [-0.2, 0) is 14.4 Å². The number of carbonyl (C=O) groups is 3. The predicted molar refractivity (Wildman–Crippen MR) is 129 cm³/mol. The molecule has 1 aliphatic heterocycles. The lowest BCUT2D eigenvalue weighted by atomic mass is 10.00. The Labute approximate surface area is 213 Å². The van der Waals surface area contributed by atoms with E-state index in [1.54, 1.807) is 24.3 Å². The van der Waals surface area contributed by atoms with Crippen molar-refractivity contribution in [3.05, 3.63) is 63.9 Å². The number of amides is 3. The van der Waals surface area contributed by atoms with Gasteiger partial charge in [-0.2, -0.15) is 13.2 Å². The van der Waals surface area contributed by atoms with Gasteiger partial charge in [0.05, 0.1) is 17.3 Å². The highest BCUT2D eigenvalue weighted by Gasteiger charge is 2.38. The van der Waals surface area contributed by atoms with Crippen molar-refractivity contribution in [1.29, 1.82) is 0 Å². The van der Waals surface area contributed by atoms with Gasteiger partial charge in [-0.05, 0) is 37.3 Å². The van der Waals surface area contributed by atoms with Crippen molar-refractivity contribution in [1.82, 2.24) is 10.6 Å². The van der Waals surface area contributed by atoms with Gasteiger partial charge in [-0.1, -0.05) is 35.0 Å². The lowest BCUT2D eigenvalue weighted by Gasteiger charge is -2.22. The summed E-state index contributed by atoms with van der Waals surface area (Å²) in [5, 5.41) is 4.61. The number of benzene rings is 2. The zero-order valence-electron chi connectivity index (χ0n) is 19.5. The monoisotopic (exact) mass is 570 g/mol. The first-order chi connectivity index (χ1) is 16.8. The molecule has 192 valence electrons. The van der Waals surface area contributed by atoms with E-state index in [1.165, 1.54) is 37.1 Å². The smallest absolute Gasteiger partial charge is 0.345 e. The number of benzodiazepines with no additional fused rings is 1. The van der Waals surface area contributed by atoms with Crippen molar-refractivity contribution in [2.75, 3.05) is 11.9 Å². The molecular formula is C24H23BrF4N4O3. The Morgan fingerprint density at radius 3 is 2.44 bits per heavy atom. The Balaban J connectivity index is 1.90. The van der Waals surface area contributed by atoms with Crippen molar-refractivity contribution in [2.24, 2.45) is 10.9 Å². The molecule has 36 heavy (non-hydrogen) atoms. The molecule has 0 bridgehead atoms. The number of halogens is 5. The highest BCUT2D eigenvalue weighted by atomic mass is 79.9. The number of aliphatic imine (C=N–C) groups is 1. The summed E-state index contributed by atoms with van der Waals surface area (Å²) >= 11 is 3.36. The molecule has 12 heteroatoms. The third kappa shape index (κ3) is 6.10. The van der Waals surface area contributed by atoms with Crippen LogP contribution in [0.4, 0.5) is 23.2 Å². The van der Waals surface area contributed by atoms with E-state index in [-0.39, 0.29) is 11.3 Å². The molecule has 0 aliphatic carbocycles. The fourth-order valence-corrected chi connectivity index (χ4v) is 3.89. The Kier molecular flexibility index (Phi) is 8.17. The van der Waals surface area contributed by atoms with Gasteiger partial charge >= 0.3 is 6.18 Å². The molecule has 7 nitrogen and oxygen atoms in total. The molecule has 0 radical (unpaired) electrons. The minimum absolute atomic E-state index is 0.0988. The van der Waals surface area contributed by atoms with Gasteiger partial charge in [-0.15, -0.1) is 0 Å². The number of hydrogen-bond donors (Lipinski definition) is 2. The first-order valence-electron chi connectivity index (χ1n) is 10.9. The van der Waals surface area contributed by atoms with Crippen LogP contribution in [0.25, 0.3) is 0 Å². The third-order valence-corrected chi connectivity index (χ3v) is 6.12. The van der Waals surface area contributed by atoms with Crippen molar-refractivity contribution in [3.8, 4) is 0 Å². The van der Waals surface area contributed by atoms with Crippen molar-refractivity contribution in [3.63, 3.8) is 0 Å². The first kappa shape index (κ1) is 27.3. The second-order valence-corrected chi connectivity index (χ2v) is 9.28. The average molecular weight is 571 g/mol. The van der Waals surface area contributed by atoms with Crippen molar-refractivity contribution in [2.45, 2.75) is 38.7 Å². The molecule has 2 aromatic rings. The maximum Gasteiger partial charge on any atom is 0.392 e. The Morgan fingerprint density at radius 1 is 1.14 bits per heavy atom. The Hall–Kier alpha value is -3.28. The largest absolute Gasteiger partial charge is 0.392 e. The molecule has 3 atom stereocenters. The molecule has 0 spiro atoms. The van der Waals surface area contributed by atoms with Gasteiger partial charge < -0.3 is 15.5 Å². The summed E-state index contributed by atoms with van der Waals surface area (Å²) in [6.07, 6.45) is -6.90. The van der Waals surface area contributed by atoms with E-state index >= 15 is 0 Å². The quantitative estimate of drug-likeness (QED) is 0.515. The normalized spacial score (nSPS) is 17.4. The number of nitrogens with zero attached hydrogens (tertiary/aromatic N) is 2. The molecule has 3 amide bonds. The molecule has 0 saturated heterocycles. The van der Waals surface area contributed by atoms with Gasteiger partial charge in [-0.25, -0.2) is 9.38 Å². The van der Waals surface area contributed by atoms with Crippen molar-refractivity contribution < 1.29 is 31.9 Å². The summed E-state index contributed by atoms with van der Waals surface area (Å²) in [5.74, 6) is -4.94. The lowest BCUT2D eigenvalue weighted by Crippen LogP contribution is -2.52. The maximum atomic E-state index is 14.7.